The number of halogens is 3. The molecule has 1 aliphatic rings. The molecule has 3 atom stereocenters. The van der Waals surface area contributed by atoms with Crippen LogP contribution in [0.4, 0.5) is 8.78 Å². The van der Waals surface area contributed by atoms with E-state index in [1.165, 1.54) is 6.07 Å². The third-order valence-corrected chi connectivity index (χ3v) is 4.06. The molecule has 0 bridgehead atoms. The zero-order valence-electron chi connectivity index (χ0n) is 10.00. The molecular formula is C13H15BrF2O2. The van der Waals surface area contributed by atoms with Gasteiger partial charge in [-0.15, -0.1) is 0 Å². The van der Waals surface area contributed by atoms with Gasteiger partial charge in [0.1, 0.15) is 11.6 Å². The van der Waals surface area contributed by atoms with Gasteiger partial charge in [0.2, 0.25) is 0 Å². The Morgan fingerprint density at radius 2 is 2.22 bits per heavy atom. The molecule has 3 unspecified atom stereocenters. The molecule has 1 heterocycles. The number of hydrogen-bond acceptors (Lipinski definition) is 2. The Bertz CT molecular complexity index is 439. The van der Waals surface area contributed by atoms with E-state index in [0.29, 0.717) is 13.0 Å². The molecule has 0 spiro atoms. The zero-order valence-corrected chi connectivity index (χ0v) is 11.6. The molecule has 1 aromatic carbocycles. The number of aliphatic hydroxyl groups excluding tert-OH is 1. The van der Waals surface area contributed by atoms with Crippen molar-refractivity contribution in [2.24, 2.45) is 5.92 Å². The number of benzene rings is 1. The fourth-order valence-electron chi connectivity index (χ4n) is 2.47. The predicted octanol–water partition coefficient (Wildman–Crippen LogP) is 3.58. The minimum Gasteiger partial charge on any atom is -0.388 e. The van der Waals surface area contributed by atoms with Crippen molar-refractivity contribution in [1.82, 2.24) is 0 Å². The molecule has 0 amide bonds. The van der Waals surface area contributed by atoms with Crippen LogP contribution in [0.5, 0.6) is 0 Å². The molecule has 2 rings (SSSR count). The minimum absolute atomic E-state index is 0.141. The average molecular weight is 321 g/mol. The number of rotatable bonds is 3. The molecule has 1 aliphatic heterocycles. The standard InChI is InChI=1S/C13H15BrF2O2/c1-2-10-7(5-6-18-10)13(17)11-9(15)4-3-8(14)12(11)16/h3-4,7,10,13,17H,2,5-6H2,1H3. The van der Waals surface area contributed by atoms with Crippen LogP contribution in [-0.2, 0) is 4.74 Å². The van der Waals surface area contributed by atoms with Crippen molar-refractivity contribution < 1.29 is 18.6 Å². The summed E-state index contributed by atoms with van der Waals surface area (Å²) >= 11 is 3.01. The first-order valence-electron chi connectivity index (χ1n) is 5.99. The molecule has 1 fully saturated rings. The van der Waals surface area contributed by atoms with Gasteiger partial charge < -0.3 is 9.84 Å². The van der Waals surface area contributed by atoms with Crippen molar-refractivity contribution in [2.75, 3.05) is 6.61 Å². The van der Waals surface area contributed by atoms with Gasteiger partial charge in [-0.3, -0.25) is 0 Å². The predicted molar refractivity (Wildman–Crippen MR) is 67.2 cm³/mol. The quantitative estimate of drug-likeness (QED) is 0.863. The number of aliphatic hydroxyl groups is 1. The number of ether oxygens (including phenoxy) is 1. The Morgan fingerprint density at radius 1 is 1.50 bits per heavy atom. The molecule has 5 heteroatoms. The normalized spacial score (nSPS) is 25.4. The van der Waals surface area contributed by atoms with Gasteiger partial charge in [0, 0.05) is 12.5 Å². The fraction of sp³-hybridized carbons (Fsp3) is 0.538. The Kier molecular flexibility index (Phi) is 4.35. The third kappa shape index (κ3) is 2.44. The molecule has 1 N–H and O–H groups in total. The van der Waals surface area contributed by atoms with Crippen LogP contribution in [0.1, 0.15) is 31.4 Å². The van der Waals surface area contributed by atoms with E-state index in [1.807, 2.05) is 6.92 Å². The van der Waals surface area contributed by atoms with Gasteiger partial charge in [0.25, 0.3) is 0 Å². The molecule has 0 aliphatic carbocycles. The van der Waals surface area contributed by atoms with Crippen LogP contribution in [-0.4, -0.2) is 17.8 Å². The molecule has 0 radical (unpaired) electrons. The Morgan fingerprint density at radius 3 is 2.89 bits per heavy atom. The smallest absolute Gasteiger partial charge is 0.146 e. The van der Waals surface area contributed by atoms with Gasteiger partial charge in [-0.25, -0.2) is 8.78 Å². The highest BCUT2D eigenvalue weighted by molar-refractivity contribution is 9.10. The molecule has 1 saturated heterocycles. The van der Waals surface area contributed by atoms with Crippen molar-refractivity contribution in [3.8, 4) is 0 Å². The van der Waals surface area contributed by atoms with E-state index in [1.54, 1.807) is 0 Å². The molecule has 1 aromatic rings. The van der Waals surface area contributed by atoms with Gasteiger partial charge in [-0.2, -0.15) is 0 Å². The van der Waals surface area contributed by atoms with E-state index in [4.69, 9.17) is 4.74 Å². The van der Waals surface area contributed by atoms with E-state index in [9.17, 15) is 13.9 Å². The summed E-state index contributed by atoms with van der Waals surface area (Å²) in [5, 5.41) is 10.2. The van der Waals surface area contributed by atoms with Crippen LogP contribution in [0.3, 0.4) is 0 Å². The molecule has 0 saturated carbocycles. The van der Waals surface area contributed by atoms with Crippen molar-refractivity contribution in [3.63, 3.8) is 0 Å². The molecule has 0 aromatic heterocycles. The average Bonchev–Trinajstić information content (AvgIpc) is 2.82. The SMILES string of the molecule is CCC1OCCC1C(O)c1c(F)ccc(Br)c1F. The summed E-state index contributed by atoms with van der Waals surface area (Å²) < 4.78 is 33.2. The Hall–Kier alpha value is -0.520. The van der Waals surface area contributed by atoms with Crippen LogP contribution in [0.15, 0.2) is 16.6 Å². The minimum atomic E-state index is -1.17. The third-order valence-electron chi connectivity index (χ3n) is 3.44. The first-order chi connectivity index (χ1) is 8.56. The lowest BCUT2D eigenvalue weighted by molar-refractivity contribution is 0.0276. The number of hydrogen-bond donors (Lipinski definition) is 1. The maximum absolute atomic E-state index is 13.9. The summed E-state index contributed by atoms with van der Waals surface area (Å²) in [5.74, 6) is -1.71. The van der Waals surface area contributed by atoms with Crippen LogP contribution in [0.2, 0.25) is 0 Å². The van der Waals surface area contributed by atoms with Crippen molar-refractivity contribution in [1.29, 1.82) is 0 Å². The van der Waals surface area contributed by atoms with Crippen molar-refractivity contribution >= 4 is 15.9 Å². The van der Waals surface area contributed by atoms with E-state index < -0.39 is 17.7 Å². The zero-order chi connectivity index (χ0) is 13.3. The molecule has 2 nitrogen and oxygen atoms in total. The maximum atomic E-state index is 13.9. The highest BCUT2D eigenvalue weighted by atomic mass is 79.9. The van der Waals surface area contributed by atoms with Crippen LogP contribution < -0.4 is 0 Å². The summed E-state index contributed by atoms with van der Waals surface area (Å²) in [7, 11) is 0. The van der Waals surface area contributed by atoms with E-state index in [2.05, 4.69) is 15.9 Å². The van der Waals surface area contributed by atoms with Crippen molar-refractivity contribution in [3.05, 3.63) is 33.8 Å². The molecular weight excluding hydrogens is 306 g/mol. The van der Waals surface area contributed by atoms with Gasteiger partial charge >= 0.3 is 0 Å². The summed E-state index contributed by atoms with van der Waals surface area (Å²) in [6, 6.07) is 2.45. The van der Waals surface area contributed by atoms with Gasteiger partial charge in [-0.05, 0) is 40.9 Å². The van der Waals surface area contributed by atoms with E-state index in [-0.39, 0.29) is 22.1 Å². The molecule has 18 heavy (non-hydrogen) atoms. The van der Waals surface area contributed by atoms with Crippen LogP contribution >= 0.6 is 15.9 Å². The van der Waals surface area contributed by atoms with E-state index >= 15 is 0 Å². The van der Waals surface area contributed by atoms with Gasteiger partial charge in [-0.1, -0.05) is 6.92 Å². The topological polar surface area (TPSA) is 29.5 Å². The highest BCUT2D eigenvalue weighted by Crippen LogP contribution is 2.38. The largest absolute Gasteiger partial charge is 0.388 e. The molecule has 100 valence electrons. The first kappa shape index (κ1) is 13.9. The summed E-state index contributed by atoms with van der Waals surface area (Å²) in [5.41, 5.74) is -0.265. The summed E-state index contributed by atoms with van der Waals surface area (Å²) in [6.45, 7) is 2.46. The maximum Gasteiger partial charge on any atom is 0.146 e. The second-order valence-electron chi connectivity index (χ2n) is 4.47. The summed E-state index contributed by atoms with van der Waals surface area (Å²) in [6.07, 6.45) is 0.0251. The van der Waals surface area contributed by atoms with E-state index in [0.717, 1.165) is 12.5 Å². The second-order valence-corrected chi connectivity index (χ2v) is 5.33. The monoisotopic (exact) mass is 320 g/mol. The van der Waals surface area contributed by atoms with Gasteiger partial charge in [0.05, 0.1) is 22.2 Å². The van der Waals surface area contributed by atoms with Crippen molar-refractivity contribution in [2.45, 2.75) is 32.0 Å². The fourth-order valence-corrected chi connectivity index (χ4v) is 2.82. The van der Waals surface area contributed by atoms with Crippen LogP contribution in [0, 0.1) is 17.6 Å². The first-order valence-corrected chi connectivity index (χ1v) is 6.78. The lowest BCUT2D eigenvalue weighted by atomic mass is 9.88. The second kappa shape index (κ2) is 5.63. The van der Waals surface area contributed by atoms with Crippen LogP contribution in [0.25, 0.3) is 0 Å². The van der Waals surface area contributed by atoms with Gasteiger partial charge in [0.15, 0.2) is 0 Å². The lowest BCUT2D eigenvalue weighted by Crippen LogP contribution is -2.23. The Balaban J connectivity index is 2.34. The lowest BCUT2D eigenvalue weighted by Gasteiger charge is -2.24. The Labute approximate surface area is 113 Å². The highest BCUT2D eigenvalue weighted by Gasteiger charge is 2.36. The summed E-state index contributed by atoms with van der Waals surface area (Å²) in [4.78, 5) is 0.